The second kappa shape index (κ2) is 7.61. The second-order valence-electron chi connectivity index (χ2n) is 9.21. The molecule has 0 spiro atoms. The number of carbonyl (C=O) groups excluding carboxylic acids is 3. The van der Waals surface area contributed by atoms with Gasteiger partial charge in [0.2, 0.25) is 11.8 Å². The molecule has 3 aliphatic rings. The first-order valence-electron chi connectivity index (χ1n) is 11.2. The molecule has 170 valence electrons. The normalized spacial score (nSPS) is 29.5. The van der Waals surface area contributed by atoms with Crippen LogP contribution in [0.25, 0.3) is 0 Å². The first-order valence-corrected chi connectivity index (χ1v) is 12.0. The highest BCUT2D eigenvalue weighted by Gasteiger charge is 2.67. The Kier molecular flexibility index (Phi) is 4.76. The number of rotatable bonds is 1. The van der Waals surface area contributed by atoms with E-state index in [1.807, 2.05) is 24.3 Å². The molecule has 1 aliphatic carbocycles. The fourth-order valence-corrected chi connectivity index (χ4v) is 6.49. The molecule has 0 saturated heterocycles. The third kappa shape index (κ3) is 2.93. The lowest BCUT2D eigenvalue weighted by atomic mass is 9.74. The Balaban J connectivity index is 1.65. The number of nitrogens with one attached hydrogen (secondary N) is 2. The van der Waals surface area contributed by atoms with Crippen LogP contribution < -0.4 is 10.6 Å². The number of hydrogen-bond donors (Lipinski definition) is 3. The zero-order valence-corrected chi connectivity index (χ0v) is 19.6. The van der Waals surface area contributed by atoms with E-state index in [1.165, 1.54) is 0 Å². The minimum atomic E-state index is -1.72. The van der Waals surface area contributed by atoms with E-state index in [0.29, 0.717) is 22.5 Å². The van der Waals surface area contributed by atoms with E-state index in [-0.39, 0.29) is 18.1 Å². The first kappa shape index (κ1) is 21.3. The molecule has 7 heteroatoms. The van der Waals surface area contributed by atoms with Gasteiger partial charge < -0.3 is 15.7 Å². The van der Waals surface area contributed by atoms with E-state index in [1.54, 1.807) is 48.5 Å². The maximum atomic E-state index is 14.1. The summed E-state index contributed by atoms with van der Waals surface area (Å²) < 4.78 is 0.875. The molecular formula is C27H21BrN2O4. The summed E-state index contributed by atoms with van der Waals surface area (Å²) in [6.45, 7) is 0. The van der Waals surface area contributed by atoms with Gasteiger partial charge in [0.1, 0.15) is 5.60 Å². The summed E-state index contributed by atoms with van der Waals surface area (Å²) in [7, 11) is 0. The fourth-order valence-electron chi connectivity index (χ4n) is 6.23. The first-order chi connectivity index (χ1) is 16.4. The van der Waals surface area contributed by atoms with Crippen LogP contribution in [0.2, 0.25) is 0 Å². The number of Topliss-reactive ketones (excluding diaryl/α,β-unsaturated/α-hetero) is 1. The molecular weight excluding hydrogens is 496 g/mol. The topological polar surface area (TPSA) is 95.5 Å². The van der Waals surface area contributed by atoms with Crippen LogP contribution in [0, 0.1) is 17.8 Å². The van der Waals surface area contributed by atoms with Crippen LogP contribution in [-0.2, 0) is 15.2 Å². The number of anilines is 2. The van der Waals surface area contributed by atoms with E-state index in [0.717, 1.165) is 10.0 Å². The van der Waals surface area contributed by atoms with Gasteiger partial charge in [0, 0.05) is 45.5 Å². The molecule has 1 fully saturated rings. The van der Waals surface area contributed by atoms with Crippen LogP contribution >= 0.6 is 15.9 Å². The van der Waals surface area contributed by atoms with Gasteiger partial charge >= 0.3 is 0 Å². The molecule has 3 aromatic carbocycles. The van der Waals surface area contributed by atoms with Crippen molar-refractivity contribution >= 4 is 44.9 Å². The molecule has 3 aromatic rings. The summed E-state index contributed by atoms with van der Waals surface area (Å²) in [6, 6.07) is 21.5. The third-order valence-corrected chi connectivity index (χ3v) is 8.08. The Morgan fingerprint density at radius 1 is 0.824 bits per heavy atom. The number of fused-ring (bicyclic) bond motifs is 6. The summed E-state index contributed by atoms with van der Waals surface area (Å²) in [6.07, 6.45) is -0.0128. The Labute approximate surface area is 204 Å². The maximum absolute atomic E-state index is 14.1. The minimum absolute atomic E-state index is 0.0128. The molecule has 1 saturated carbocycles. The SMILES string of the molecule is O=C1C[C@H]2C(c3ccc(Br)cc3)[C@H]3C(=O)c4ccccc4NC(=O)[C@@H]3[C@@]2(O)c2ccccc2N1. The molecule has 6 nitrogen and oxygen atoms in total. The largest absolute Gasteiger partial charge is 0.384 e. The number of para-hydroxylation sites is 2. The van der Waals surface area contributed by atoms with Crippen LogP contribution in [0.3, 0.4) is 0 Å². The van der Waals surface area contributed by atoms with Gasteiger partial charge in [-0.15, -0.1) is 0 Å². The van der Waals surface area contributed by atoms with Gasteiger partial charge in [-0.3, -0.25) is 14.4 Å². The highest BCUT2D eigenvalue weighted by molar-refractivity contribution is 9.10. The van der Waals surface area contributed by atoms with Gasteiger partial charge in [-0.05, 0) is 35.9 Å². The lowest BCUT2D eigenvalue weighted by molar-refractivity contribution is -0.133. The summed E-state index contributed by atoms with van der Waals surface area (Å²) in [5, 5.41) is 18.3. The third-order valence-electron chi connectivity index (χ3n) is 7.55. The van der Waals surface area contributed by atoms with Crippen molar-refractivity contribution in [1.82, 2.24) is 0 Å². The van der Waals surface area contributed by atoms with Gasteiger partial charge in [-0.1, -0.05) is 58.4 Å². The highest BCUT2D eigenvalue weighted by atomic mass is 79.9. The van der Waals surface area contributed by atoms with Crippen molar-refractivity contribution in [3.8, 4) is 0 Å². The standard InChI is InChI=1S/C27H21BrN2O4/c28-15-11-9-14(10-12-15)22-18-13-21(31)29-20-8-4-2-6-17(20)27(18,34)24-23(22)25(32)16-5-1-3-7-19(16)30-26(24)33/h1-12,18,22-24,34H,13H2,(H,29,31)(H,30,33)/t18-,22?,23+,24+,27+/m0/s1. The zero-order valence-electron chi connectivity index (χ0n) is 18.0. The zero-order chi connectivity index (χ0) is 23.6. The number of halogens is 1. The van der Waals surface area contributed by atoms with Crippen molar-refractivity contribution in [2.24, 2.45) is 17.8 Å². The molecule has 2 heterocycles. The van der Waals surface area contributed by atoms with E-state index in [9.17, 15) is 19.5 Å². The molecule has 0 radical (unpaired) electrons. The summed E-state index contributed by atoms with van der Waals surface area (Å²) in [5.74, 6) is -3.98. The molecule has 5 atom stereocenters. The van der Waals surface area contributed by atoms with Crippen LogP contribution in [0.5, 0.6) is 0 Å². The van der Waals surface area contributed by atoms with Crippen molar-refractivity contribution in [2.75, 3.05) is 10.6 Å². The van der Waals surface area contributed by atoms with E-state index < -0.39 is 35.2 Å². The monoisotopic (exact) mass is 516 g/mol. The van der Waals surface area contributed by atoms with Crippen molar-refractivity contribution in [3.63, 3.8) is 0 Å². The molecule has 2 aliphatic heterocycles. The van der Waals surface area contributed by atoms with Crippen molar-refractivity contribution in [2.45, 2.75) is 17.9 Å². The van der Waals surface area contributed by atoms with Crippen molar-refractivity contribution < 1.29 is 19.5 Å². The van der Waals surface area contributed by atoms with Crippen LogP contribution in [0.4, 0.5) is 11.4 Å². The molecule has 34 heavy (non-hydrogen) atoms. The lowest BCUT2D eigenvalue weighted by Gasteiger charge is -2.35. The second-order valence-corrected chi connectivity index (χ2v) is 10.1. The average Bonchev–Trinajstić information content (AvgIpc) is 2.94. The Bertz CT molecular complexity index is 1350. The van der Waals surface area contributed by atoms with Crippen LogP contribution in [-0.4, -0.2) is 22.7 Å². The molecule has 2 amide bonds. The molecule has 1 unspecified atom stereocenters. The van der Waals surface area contributed by atoms with Crippen molar-refractivity contribution in [1.29, 1.82) is 0 Å². The molecule has 0 bridgehead atoms. The predicted molar refractivity (Wildman–Crippen MR) is 130 cm³/mol. The van der Waals surface area contributed by atoms with Gasteiger partial charge in [-0.2, -0.15) is 0 Å². The minimum Gasteiger partial charge on any atom is -0.384 e. The molecule has 3 N–H and O–H groups in total. The van der Waals surface area contributed by atoms with Gasteiger partial charge in [0.15, 0.2) is 5.78 Å². The smallest absolute Gasteiger partial charge is 0.231 e. The van der Waals surface area contributed by atoms with Crippen molar-refractivity contribution in [3.05, 3.63) is 94.0 Å². The molecule has 6 rings (SSSR count). The quantitative estimate of drug-likeness (QED) is 0.444. The van der Waals surface area contributed by atoms with Gasteiger partial charge in [-0.25, -0.2) is 0 Å². The van der Waals surface area contributed by atoms with Gasteiger partial charge in [0.25, 0.3) is 0 Å². The Morgan fingerprint density at radius 3 is 2.26 bits per heavy atom. The number of amides is 2. The summed E-state index contributed by atoms with van der Waals surface area (Å²) in [5.41, 5.74) is 0.886. The predicted octanol–water partition coefficient (Wildman–Crippen LogP) is 4.46. The molecule has 0 aromatic heterocycles. The Morgan fingerprint density at radius 2 is 1.50 bits per heavy atom. The van der Waals surface area contributed by atoms with Gasteiger partial charge in [0.05, 0.1) is 11.6 Å². The Hall–Kier alpha value is -3.29. The van der Waals surface area contributed by atoms with E-state index in [2.05, 4.69) is 26.6 Å². The number of aliphatic hydroxyl groups is 1. The fraction of sp³-hybridized carbons (Fsp3) is 0.222. The number of carbonyl (C=O) groups is 3. The number of benzene rings is 3. The lowest BCUT2D eigenvalue weighted by Crippen LogP contribution is -2.44. The van der Waals surface area contributed by atoms with E-state index in [4.69, 9.17) is 0 Å². The number of ketones is 1. The maximum Gasteiger partial charge on any atom is 0.231 e. The van der Waals surface area contributed by atoms with Crippen LogP contribution in [0.15, 0.2) is 77.3 Å². The summed E-state index contributed by atoms with van der Waals surface area (Å²) in [4.78, 5) is 40.8. The number of hydrogen-bond acceptors (Lipinski definition) is 4. The highest BCUT2D eigenvalue weighted by Crippen LogP contribution is 2.62. The van der Waals surface area contributed by atoms with E-state index >= 15 is 0 Å². The summed E-state index contributed by atoms with van der Waals surface area (Å²) >= 11 is 3.46. The van der Waals surface area contributed by atoms with Crippen LogP contribution in [0.1, 0.15) is 33.8 Å². The average molecular weight is 517 g/mol.